The van der Waals surface area contributed by atoms with Crippen molar-refractivity contribution in [2.75, 3.05) is 5.32 Å². The van der Waals surface area contributed by atoms with Gasteiger partial charge in [0.05, 0.1) is 10.7 Å². The largest absolute Gasteiger partial charge is 0.334 e. The monoisotopic (exact) mass is 292 g/mol. The van der Waals surface area contributed by atoms with E-state index in [0.29, 0.717) is 6.54 Å². The minimum absolute atomic E-state index is 0.0172. The topological polar surface area (TPSA) is 41.1 Å². The van der Waals surface area contributed by atoms with Gasteiger partial charge in [0.2, 0.25) is 0 Å². The van der Waals surface area contributed by atoms with E-state index in [2.05, 4.69) is 10.6 Å². The van der Waals surface area contributed by atoms with Gasteiger partial charge in [-0.15, -0.1) is 0 Å². The zero-order chi connectivity index (χ0) is 14.5. The van der Waals surface area contributed by atoms with Gasteiger partial charge in [0.15, 0.2) is 0 Å². The number of benzene rings is 2. The molecule has 2 amide bonds. The predicted molar refractivity (Wildman–Crippen MR) is 78.4 cm³/mol. The van der Waals surface area contributed by atoms with Gasteiger partial charge in [0, 0.05) is 6.54 Å². The molecule has 0 fully saturated rings. The Bertz CT molecular complexity index is 611. The van der Waals surface area contributed by atoms with E-state index in [1.54, 1.807) is 0 Å². The Morgan fingerprint density at radius 2 is 1.95 bits per heavy atom. The third-order valence-electron chi connectivity index (χ3n) is 2.90. The van der Waals surface area contributed by atoms with Crippen LogP contribution in [0, 0.1) is 12.7 Å². The van der Waals surface area contributed by atoms with Crippen molar-refractivity contribution in [3.05, 3.63) is 64.4 Å². The molecule has 0 aliphatic heterocycles. The summed E-state index contributed by atoms with van der Waals surface area (Å²) in [6.07, 6.45) is 0. The number of hydrogen-bond acceptors (Lipinski definition) is 1. The highest BCUT2D eigenvalue weighted by molar-refractivity contribution is 6.33. The van der Waals surface area contributed by atoms with E-state index >= 15 is 0 Å². The molecular weight excluding hydrogens is 279 g/mol. The minimum atomic E-state index is -0.566. The Balaban J connectivity index is 1.98. The zero-order valence-corrected chi connectivity index (χ0v) is 11.7. The van der Waals surface area contributed by atoms with E-state index in [-0.39, 0.29) is 10.7 Å². The summed E-state index contributed by atoms with van der Waals surface area (Å²) in [5, 5.41) is 5.24. The number of anilines is 1. The van der Waals surface area contributed by atoms with Gasteiger partial charge in [-0.25, -0.2) is 9.18 Å². The third-order valence-corrected chi connectivity index (χ3v) is 3.22. The van der Waals surface area contributed by atoms with E-state index in [0.717, 1.165) is 11.1 Å². The van der Waals surface area contributed by atoms with Crippen molar-refractivity contribution in [2.45, 2.75) is 13.5 Å². The van der Waals surface area contributed by atoms with E-state index in [1.165, 1.54) is 18.2 Å². The molecule has 0 aliphatic carbocycles. The summed E-state index contributed by atoms with van der Waals surface area (Å²) in [7, 11) is 0. The summed E-state index contributed by atoms with van der Waals surface area (Å²) < 4.78 is 13.5. The molecule has 0 saturated heterocycles. The fourth-order valence-electron chi connectivity index (χ4n) is 1.76. The molecule has 2 aromatic carbocycles. The number of amides is 2. The summed E-state index contributed by atoms with van der Waals surface area (Å²) in [5.41, 5.74) is 2.07. The number of hydrogen-bond donors (Lipinski definition) is 2. The number of carbonyl (C=O) groups excluding carboxylic acids is 1. The lowest BCUT2D eigenvalue weighted by Gasteiger charge is -2.11. The molecule has 0 aliphatic rings. The summed E-state index contributed by atoms with van der Waals surface area (Å²) in [5.74, 6) is -0.566. The van der Waals surface area contributed by atoms with Gasteiger partial charge in [0.1, 0.15) is 5.82 Å². The summed E-state index contributed by atoms with van der Waals surface area (Å²) in [6.45, 7) is 2.33. The maximum Gasteiger partial charge on any atom is 0.319 e. The van der Waals surface area contributed by atoms with Crippen LogP contribution in [0.3, 0.4) is 0 Å². The molecule has 2 aromatic rings. The van der Waals surface area contributed by atoms with Crippen LogP contribution in [-0.4, -0.2) is 6.03 Å². The molecule has 3 nitrogen and oxygen atoms in total. The van der Waals surface area contributed by atoms with Crippen molar-refractivity contribution in [1.82, 2.24) is 5.32 Å². The molecule has 20 heavy (non-hydrogen) atoms. The molecule has 0 spiro atoms. The molecular formula is C15H14ClFN2O. The molecule has 2 N–H and O–H groups in total. The predicted octanol–water partition coefficient (Wildman–Crippen LogP) is 4.11. The standard InChI is InChI=1S/C15H14ClFN2O/c1-10-5-2-3-6-11(10)9-18-15(20)19-14-12(16)7-4-8-13(14)17/h2-8H,9H2,1H3,(H2,18,19,20). The molecule has 0 unspecified atom stereocenters. The smallest absolute Gasteiger partial charge is 0.319 e. The molecule has 0 heterocycles. The zero-order valence-electron chi connectivity index (χ0n) is 10.9. The van der Waals surface area contributed by atoms with E-state index in [1.807, 2.05) is 31.2 Å². The summed E-state index contributed by atoms with van der Waals surface area (Å²) in [6, 6.07) is 11.4. The highest BCUT2D eigenvalue weighted by atomic mass is 35.5. The first kappa shape index (κ1) is 14.3. The van der Waals surface area contributed by atoms with E-state index in [4.69, 9.17) is 11.6 Å². The molecule has 2 rings (SSSR count). The van der Waals surface area contributed by atoms with Gasteiger partial charge in [-0.3, -0.25) is 0 Å². The summed E-state index contributed by atoms with van der Waals surface area (Å²) in [4.78, 5) is 11.8. The Labute approximate surface area is 121 Å². The van der Waals surface area contributed by atoms with Crippen LogP contribution < -0.4 is 10.6 Å². The SMILES string of the molecule is Cc1ccccc1CNC(=O)Nc1c(F)cccc1Cl. The van der Waals surface area contributed by atoms with Gasteiger partial charge >= 0.3 is 6.03 Å². The van der Waals surface area contributed by atoms with Crippen LogP contribution in [0.5, 0.6) is 0 Å². The van der Waals surface area contributed by atoms with Crippen LogP contribution in [0.2, 0.25) is 5.02 Å². The van der Waals surface area contributed by atoms with Crippen molar-refractivity contribution in [3.63, 3.8) is 0 Å². The second-order valence-corrected chi connectivity index (χ2v) is 4.74. The number of urea groups is 1. The molecule has 0 bridgehead atoms. The van der Waals surface area contributed by atoms with Crippen LogP contribution in [0.1, 0.15) is 11.1 Å². The Hall–Kier alpha value is -2.07. The van der Waals surface area contributed by atoms with Crippen LogP contribution in [0.4, 0.5) is 14.9 Å². The lowest BCUT2D eigenvalue weighted by atomic mass is 10.1. The molecule has 104 valence electrons. The van der Waals surface area contributed by atoms with Crippen LogP contribution in [0.15, 0.2) is 42.5 Å². The average molecular weight is 293 g/mol. The van der Waals surface area contributed by atoms with Crippen molar-refractivity contribution in [2.24, 2.45) is 0 Å². The van der Waals surface area contributed by atoms with Gasteiger partial charge in [-0.2, -0.15) is 0 Å². The van der Waals surface area contributed by atoms with Crippen molar-refractivity contribution in [1.29, 1.82) is 0 Å². The lowest BCUT2D eigenvalue weighted by Crippen LogP contribution is -2.29. The Kier molecular flexibility index (Phi) is 4.58. The second kappa shape index (κ2) is 6.39. The first-order chi connectivity index (χ1) is 9.58. The van der Waals surface area contributed by atoms with Gasteiger partial charge in [-0.1, -0.05) is 41.9 Å². The normalized spacial score (nSPS) is 10.2. The average Bonchev–Trinajstić information content (AvgIpc) is 2.42. The molecule has 0 radical (unpaired) electrons. The summed E-state index contributed by atoms with van der Waals surface area (Å²) >= 11 is 5.83. The first-order valence-corrected chi connectivity index (χ1v) is 6.49. The van der Waals surface area contributed by atoms with Gasteiger partial charge < -0.3 is 10.6 Å². The fourth-order valence-corrected chi connectivity index (χ4v) is 1.97. The number of nitrogens with one attached hydrogen (secondary N) is 2. The third kappa shape index (κ3) is 3.48. The van der Waals surface area contributed by atoms with E-state index in [9.17, 15) is 9.18 Å². The van der Waals surface area contributed by atoms with Gasteiger partial charge in [0.25, 0.3) is 0 Å². The molecule has 0 saturated carbocycles. The fraction of sp³-hybridized carbons (Fsp3) is 0.133. The van der Waals surface area contributed by atoms with Crippen molar-refractivity contribution >= 4 is 23.3 Å². The van der Waals surface area contributed by atoms with Crippen LogP contribution in [-0.2, 0) is 6.54 Å². The lowest BCUT2D eigenvalue weighted by molar-refractivity contribution is 0.251. The maximum absolute atomic E-state index is 13.5. The quantitative estimate of drug-likeness (QED) is 0.878. The van der Waals surface area contributed by atoms with Crippen molar-refractivity contribution < 1.29 is 9.18 Å². The number of aryl methyl sites for hydroxylation is 1. The van der Waals surface area contributed by atoms with E-state index < -0.39 is 11.8 Å². The van der Waals surface area contributed by atoms with Crippen molar-refractivity contribution in [3.8, 4) is 0 Å². The molecule has 0 atom stereocenters. The Morgan fingerprint density at radius 1 is 1.20 bits per heavy atom. The van der Waals surface area contributed by atoms with Crippen LogP contribution >= 0.6 is 11.6 Å². The molecule has 0 aromatic heterocycles. The first-order valence-electron chi connectivity index (χ1n) is 6.11. The molecule has 5 heteroatoms. The Morgan fingerprint density at radius 3 is 2.65 bits per heavy atom. The number of halogens is 2. The highest BCUT2D eigenvalue weighted by Gasteiger charge is 2.10. The number of carbonyl (C=O) groups is 1. The highest BCUT2D eigenvalue weighted by Crippen LogP contribution is 2.24. The maximum atomic E-state index is 13.5. The second-order valence-electron chi connectivity index (χ2n) is 4.33. The minimum Gasteiger partial charge on any atom is -0.334 e. The number of rotatable bonds is 3. The van der Waals surface area contributed by atoms with Crippen LogP contribution in [0.25, 0.3) is 0 Å². The number of para-hydroxylation sites is 1. The van der Waals surface area contributed by atoms with Gasteiger partial charge in [-0.05, 0) is 30.2 Å².